The molecular weight excluding hydrogens is 366 g/mol. The highest BCUT2D eigenvalue weighted by molar-refractivity contribution is 5.48. The summed E-state index contributed by atoms with van der Waals surface area (Å²) in [5.41, 5.74) is 0.974. The molecule has 0 radical (unpaired) electrons. The van der Waals surface area contributed by atoms with Gasteiger partial charge in [-0.3, -0.25) is 0 Å². The molecule has 0 aromatic heterocycles. The van der Waals surface area contributed by atoms with Gasteiger partial charge >= 0.3 is 0 Å². The number of para-hydroxylation sites is 3. The molecule has 0 fully saturated rings. The fourth-order valence-electron chi connectivity index (χ4n) is 2.77. The molecule has 1 N–H and O–H groups in total. The summed E-state index contributed by atoms with van der Waals surface area (Å²) in [5, 5.41) is 3.38. The van der Waals surface area contributed by atoms with E-state index in [4.69, 9.17) is 18.9 Å². The Hall–Kier alpha value is -3.34. The molecule has 0 spiro atoms. The largest absolute Gasteiger partial charge is 0.493 e. The van der Waals surface area contributed by atoms with E-state index in [0.29, 0.717) is 19.8 Å². The number of ether oxygens (including phenoxy) is 4. The van der Waals surface area contributed by atoms with Gasteiger partial charge in [-0.1, -0.05) is 36.4 Å². The first-order chi connectivity index (χ1) is 14.2. The van der Waals surface area contributed by atoms with E-state index < -0.39 is 0 Å². The number of anilines is 1. The monoisotopic (exact) mass is 393 g/mol. The van der Waals surface area contributed by atoms with Crippen LogP contribution in [-0.2, 0) is 0 Å². The van der Waals surface area contributed by atoms with Crippen molar-refractivity contribution in [3.05, 3.63) is 78.9 Å². The van der Waals surface area contributed by atoms with Gasteiger partial charge in [0, 0.05) is 11.8 Å². The number of benzene rings is 3. The summed E-state index contributed by atoms with van der Waals surface area (Å²) in [4.78, 5) is 0. The first kappa shape index (κ1) is 20.4. The number of hydrogen-bond donors (Lipinski definition) is 1. The summed E-state index contributed by atoms with van der Waals surface area (Å²) in [7, 11) is 1.64. The lowest BCUT2D eigenvalue weighted by Gasteiger charge is -2.18. The first-order valence-electron chi connectivity index (χ1n) is 9.69. The SMILES string of the molecule is COc1ccccc1OC(C)CNc1cccc(OCCOc2ccccc2)c1. The van der Waals surface area contributed by atoms with Crippen molar-refractivity contribution in [2.45, 2.75) is 13.0 Å². The molecule has 1 atom stereocenters. The molecule has 0 heterocycles. The van der Waals surface area contributed by atoms with Crippen LogP contribution in [0, 0.1) is 0 Å². The molecule has 152 valence electrons. The Morgan fingerprint density at radius 1 is 0.759 bits per heavy atom. The van der Waals surface area contributed by atoms with Crippen LogP contribution in [0.2, 0.25) is 0 Å². The quantitative estimate of drug-likeness (QED) is 0.463. The highest BCUT2D eigenvalue weighted by Gasteiger charge is 2.08. The van der Waals surface area contributed by atoms with Gasteiger partial charge in [0.2, 0.25) is 0 Å². The third-order valence-electron chi connectivity index (χ3n) is 4.19. The molecule has 0 aliphatic heterocycles. The van der Waals surface area contributed by atoms with Gasteiger partial charge in [-0.25, -0.2) is 0 Å². The van der Waals surface area contributed by atoms with Crippen LogP contribution in [0.25, 0.3) is 0 Å². The standard InChI is InChI=1S/C24H27NO4/c1-19(29-24-14-7-6-13-23(24)26-2)18-25-20-9-8-12-22(17-20)28-16-15-27-21-10-4-3-5-11-21/h3-14,17,19,25H,15-16,18H2,1-2H3. The van der Waals surface area contributed by atoms with Crippen LogP contribution >= 0.6 is 0 Å². The van der Waals surface area contributed by atoms with Crippen LogP contribution in [0.15, 0.2) is 78.9 Å². The van der Waals surface area contributed by atoms with Crippen molar-refractivity contribution in [3.63, 3.8) is 0 Å². The molecule has 3 aromatic rings. The van der Waals surface area contributed by atoms with Crippen molar-refractivity contribution in [3.8, 4) is 23.0 Å². The summed E-state index contributed by atoms with van der Waals surface area (Å²) >= 11 is 0. The minimum Gasteiger partial charge on any atom is -0.493 e. The average Bonchev–Trinajstić information content (AvgIpc) is 2.77. The molecule has 1 unspecified atom stereocenters. The van der Waals surface area contributed by atoms with Crippen molar-refractivity contribution >= 4 is 5.69 Å². The predicted octanol–water partition coefficient (Wildman–Crippen LogP) is 5.03. The van der Waals surface area contributed by atoms with Crippen molar-refractivity contribution in [1.82, 2.24) is 0 Å². The topological polar surface area (TPSA) is 49.0 Å². The number of hydrogen-bond acceptors (Lipinski definition) is 5. The maximum absolute atomic E-state index is 5.97. The van der Waals surface area contributed by atoms with Gasteiger partial charge in [0.1, 0.15) is 30.8 Å². The van der Waals surface area contributed by atoms with Crippen LogP contribution < -0.4 is 24.3 Å². The molecule has 5 nitrogen and oxygen atoms in total. The Bertz CT molecular complexity index is 870. The second kappa shape index (κ2) is 10.9. The lowest BCUT2D eigenvalue weighted by Crippen LogP contribution is -2.22. The fraction of sp³-hybridized carbons (Fsp3) is 0.250. The number of rotatable bonds is 11. The second-order valence-electron chi connectivity index (χ2n) is 6.50. The zero-order chi connectivity index (χ0) is 20.3. The summed E-state index contributed by atoms with van der Waals surface area (Å²) in [5.74, 6) is 3.10. The van der Waals surface area contributed by atoms with Gasteiger partial charge in [-0.2, -0.15) is 0 Å². The van der Waals surface area contributed by atoms with Crippen molar-refractivity contribution in [1.29, 1.82) is 0 Å². The van der Waals surface area contributed by atoms with E-state index >= 15 is 0 Å². The van der Waals surface area contributed by atoms with Gasteiger partial charge in [0.15, 0.2) is 11.5 Å². The maximum Gasteiger partial charge on any atom is 0.161 e. The van der Waals surface area contributed by atoms with Gasteiger partial charge in [-0.05, 0) is 43.3 Å². The van der Waals surface area contributed by atoms with Crippen molar-refractivity contribution in [2.75, 3.05) is 32.2 Å². The highest BCUT2D eigenvalue weighted by Crippen LogP contribution is 2.27. The third-order valence-corrected chi connectivity index (χ3v) is 4.19. The van der Waals surface area contributed by atoms with E-state index in [1.807, 2.05) is 85.8 Å². The van der Waals surface area contributed by atoms with Crippen LogP contribution in [0.5, 0.6) is 23.0 Å². The van der Waals surface area contributed by atoms with E-state index in [9.17, 15) is 0 Å². The van der Waals surface area contributed by atoms with Gasteiger partial charge in [-0.15, -0.1) is 0 Å². The molecule has 0 bridgehead atoms. The lowest BCUT2D eigenvalue weighted by atomic mass is 10.2. The minimum absolute atomic E-state index is 0.0323. The fourth-order valence-corrected chi connectivity index (χ4v) is 2.77. The second-order valence-corrected chi connectivity index (χ2v) is 6.50. The third kappa shape index (κ3) is 6.64. The van der Waals surface area contributed by atoms with Crippen molar-refractivity contribution < 1.29 is 18.9 Å². The molecular formula is C24H27NO4. The first-order valence-corrected chi connectivity index (χ1v) is 9.69. The molecule has 29 heavy (non-hydrogen) atoms. The molecule has 3 aromatic carbocycles. The lowest BCUT2D eigenvalue weighted by molar-refractivity contribution is 0.217. The Morgan fingerprint density at radius 3 is 2.17 bits per heavy atom. The Labute approximate surface area is 172 Å². The van der Waals surface area contributed by atoms with Crippen LogP contribution in [0.1, 0.15) is 6.92 Å². The Balaban J connectivity index is 1.43. The van der Waals surface area contributed by atoms with Crippen molar-refractivity contribution in [2.24, 2.45) is 0 Å². The van der Waals surface area contributed by atoms with Gasteiger partial charge in [0.05, 0.1) is 13.7 Å². The number of methoxy groups -OCH3 is 1. The Kier molecular flexibility index (Phi) is 7.63. The molecule has 0 saturated carbocycles. The van der Waals surface area contributed by atoms with Crippen LogP contribution in [0.4, 0.5) is 5.69 Å². The van der Waals surface area contributed by atoms with E-state index in [1.165, 1.54) is 0 Å². The van der Waals surface area contributed by atoms with E-state index in [2.05, 4.69) is 5.32 Å². The molecule has 0 amide bonds. The molecule has 5 heteroatoms. The zero-order valence-electron chi connectivity index (χ0n) is 16.8. The number of nitrogens with one attached hydrogen (secondary N) is 1. The van der Waals surface area contributed by atoms with E-state index in [-0.39, 0.29) is 6.10 Å². The average molecular weight is 393 g/mol. The summed E-state index contributed by atoms with van der Waals surface area (Å²) < 4.78 is 22.7. The summed E-state index contributed by atoms with van der Waals surface area (Å²) in [6.07, 6.45) is -0.0323. The molecule has 0 saturated heterocycles. The molecule has 0 aliphatic carbocycles. The molecule has 3 rings (SSSR count). The van der Waals surface area contributed by atoms with E-state index in [1.54, 1.807) is 7.11 Å². The van der Waals surface area contributed by atoms with Crippen LogP contribution in [0.3, 0.4) is 0 Å². The van der Waals surface area contributed by atoms with Gasteiger partial charge < -0.3 is 24.3 Å². The zero-order valence-corrected chi connectivity index (χ0v) is 16.8. The normalized spacial score (nSPS) is 11.4. The smallest absolute Gasteiger partial charge is 0.161 e. The Morgan fingerprint density at radius 2 is 1.41 bits per heavy atom. The molecule has 0 aliphatic rings. The highest BCUT2D eigenvalue weighted by atomic mass is 16.5. The van der Waals surface area contributed by atoms with E-state index in [0.717, 1.165) is 28.7 Å². The summed E-state index contributed by atoms with van der Waals surface area (Å²) in [6, 6.07) is 25.2. The minimum atomic E-state index is -0.0323. The predicted molar refractivity (Wildman–Crippen MR) is 115 cm³/mol. The summed E-state index contributed by atoms with van der Waals surface area (Å²) in [6.45, 7) is 3.64. The maximum atomic E-state index is 5.97. The van der Waals surface area contributed by atoms with Crippen LogP contribution in [-0.4, -0.2) is 33.0 Å². The van der Waals surface area contributed by atoms with Gasteiger partial charge in [0.25, 0.3) is 0 Å².